The molecule has 8 heteroatoms. The van der Waals surface area contributed by atoms with Crippen LogP contribution in [0.2, 0.25) is 0 Å². The number of aryl methyl sites for hydroxylation is 1. The molecule has 2 heterocycles. The summed E-state index contributed by atoms with van der Waals surface area (Å²) in [6.07, 6.45) is 2.96. The average molecular weight is 464 g/mol. The molecule has 0 saturated heterocycles. The highest BCUT2D eigenvalue weighted by Crippen LogP contribution is 2.41. The molecule has 1 aromatic heterocycles. The fraction of sp³-hybridized carbons (Fsp3) is 0.240. The number of furan rings is 1. The number of esters is 1. The lowest BCUT2D eigenvalue weighted by atomic mass is 9.86. The van der Waals surface area contributed by atoms with E-state index in [1.165, 1.54) is 24.1 Å². The predicted octanol–water partition coefficient (Wildman–Crippen LogP) is 4.69. The van der Waals surface area contributed by atoms with Gasteiger partial charge in [-0.3, -0.25) is 4.79 Å². The first-order valence-corrected chi connectivity index (χ1v) is 11.3. The number of hydrogen-bond donors (Lipinski definition) is 2. The summed E-state index contributed by atoms with van der Waals surface area (Å²) in [5.74, 6) is -0.989. The van der Waals surface area contributed by atoms with Crippen LogP contribution in [0.15, 0.2) is 75.5 Å². The van der Waals surface area contributed by atoms with Gasteiger partial charge in [0.25, 0.3) is 0 Å². The first-order valence-electron chi connectivity index (χ1n) is 10.3. The normalized spacial score (nSPS) is 15.5. The van der Waals surface area contributed by atoms with Gasteiger partial charge in [0.15, 0.2) is 0 Å². The number of amides is 1. The van der Waals surface area contributed by atoms with E-state index >= 15 is 0 Å². The van der Waals surface area contributed by atoms with Crippen LogP contribution in [0.3, 0.4) is 0 Å². The lowest BCUT2D eigenvalue weighted by Gasteiger charge is -2.27. The van der Waals surface area contributed by atoms with Crippen molar-refractivity contribution in [3.05, 3.63) is 88.0 Å². The maximum Gasteiger partial charge on any atom is 0.337 e. The van der Waals surface area contributed by atoms with E-state index in [9.17, 15) is 14.9 Å². The Labute approximate surface area is 197 Å². The van der Waals surface area contributed by atoms with Crippen LogP contribution in [0, 0.1) is 25.2 Å². The van der Waals surface area contributed by atoms with Crippen LogP contribution in [0.1, 0.15) is 29.7 Å². The van der Waals surface area contributed by atoms with Crippen molar-refractivity contribution in [3.63, 3.8) is 0 Å². The fourth-order valence-corrected chi connectivity index (χ4v) is 4.35. The van der Waals surface area contributed by atoms with Crippen molar-refractivity contribution in [1.29, 1.82) is 5.26 Å². The number of allylic oxidation sites excluding steroid dienone is 2. The van der Waals surface area contributed by atoms with Gasteiger partial charge in [0.2, 0.25) is 5.91 Å². The van der Waals surface area contributed by atoms with Gasteiger partial charge in [-0.05, 0) is 50.1 Å². The molecule has 1 aliphatic heterocycles. The minimum Gasteiger partial charge on any atom is -0.468 e. The highest BCUT2D eigenvalue weighted by molar-refractivity contribution is 8.03. The number of carbonyl (C=O) groups excluding carboxylic acids is 2. The summed E-state index contributed by atoms with van der Waals surface area (Å²) in [7, 11) is 0. The summed E-state index contributed by atoms with van der Waals surface area (Å²) < 4.78 is 10.8. The Morgan fingerprint density at radius 2 is 2.09 bits per heavy atom. The van der Waals surface area contributed by atoms with Crippen LogP contribution >= 0.6 is 11.8 Å². The molecule has 33 heavy (non-hydrogen) atoms. The predicted molar refractivity (Wildman–Crippen MR) is 128 cm³/mol. The summed E-state index contributed by atoms with van der Waals surface area (Å²) >= 11 is 1.19. The number of nitrogens with one attached hydrogen (secondary N) is 2. The van der Waals surface area contributed by atoms with Gasteiger partial charge in [0.05, 0.1) is 40.2 Å². The van der Waals surface area contributed by atoms with Crippen molar-refractivity contribution in [2.45, 2.75) is 26.7 Å². The molecule has 170 valence electrons. The van der Waals surface area contributed by atoms with E-state index in [0.717, 1.165) is 16.8 Å². The monoisotopic (exact) mass is 463 g/mol. The molecule has 0 aliphatic carbocycles. The van der Waals surface area contributed by atoms with Crippen LogP contribution < -0.4 is 10.6 Å². The Bertz CT molecular complexity index is 1170. The average Bonchev–Trinajstić information content (AvgIpc) is 3.33. The van der Waals surface area contributed by atoms with Gasteiger partial charge in [-0.15, -0.1) is 0 Å². The standard InChI is InChI=1S/C25H25N3O4S/c1-5-11-32-25(30)22-17(4)27-24(18(13-26)23(22)20-10-7-12-31-20)33-14-21(29)28-19-9-6-8-15(2)16(19)3/h5-10,12,23,27H,1,11,14H2,2-4H3,(H,28,29)/t23-/m1/s1. The largest absolute Gasteiger partial charge is 0.468 e. The van der Waals surface area contributed by atoms with Crippen molar-refractivity contribution in [2.24, 2.45) is 0 Å². The van der Waals surface area contributed by atoms with Crippen LogP contribution in [0.5, 0.6) is 0 Å². The lowest BCUT2D eigenvalue weighted by molar-refractivity contribution is -0.138. The Morgan fingerprint density at radius 1 is 1.30 bits per heavy atom. The SMILES string of the molecule is C=CCOC(=O)C1=C(C)NC(SCC(=O)Nc2cccc(C)c2C)=C(C#N)[C@@H]1c1ccco1. The summed E-state index contributed by atoms with van der Waals surface area (Å²) in [6, 6.07) is 11.3. The Balaban J connectivity index is 1.85. The molecular formula is C25H25N3O4S. The lowest BCUT2D eigenvalue weighted by Crippen LogP contribution is -2.29. The Morgan fingerprint density at radius 3 is 2.76 bits per heavy atom. The molecule has 0 fully saturated rings. The van der Waals surface area contributed by atoms with E-state index in [0.29, 0.717) is 16.5 Å². The third-order valence-electron chi connectivity index (χ3n) is 5.25. The number of thioether (sulfide) groups is 1. The fourth-order valence-electron chi connectivity index (χ4n) is 3.46. The summed E-state index contributed by atoms with van der Waals surface area (Å²) in [4.78, 5) is 25.4. The number of hydrogen-bond acceptors (Lipinski definition) is 7. The van der Waals surface area contributed by atoms with Gasteiger partial charge in [-0.1, -0.05) is 36.5 Å². The summed E-state index contributed by atoms with van der Waals surface area (Å²) in [5, 5.41) is 16.5. The van der Waals surface area contributed by atoms with E-state index in [-0.39, 0.29) is 29.4 Å². The van der Waals surface area contributed by atoms with E-state index < -0.39 is 11.9 Å². The van der Waals surface area contributed by atoms with Crippen LogP contribution in [-0.2, 0) is 14.3 Å². The smallest absolute Gasteiger partial charge is 0.337 e. The minimum atomic E-state index is -0.742. The summed E-state index contributed by atoms with van der Waals surface area (Å²) in [6.45, 7) is 9.27. The maximum absolute atomic E-state index is 12.8. The molecule has 0 saturated carbocycles. The molecule has 2 aromatic rings. The number of dihydropyridines is 1. The van der Waals surface area contributed by atoms with Crippen LogP contribution in [-0.4, -0.2) is 24.2 Å². The van der Waals surface area contributed by atoms with E-state index in [2.05, 4.69) is 23.3 Å². The van der Waals surface area contributed by atoms with Crippen molar-refractivity contribution in [3.8, 4) is 6.07 Å². The van der Waals surface area contributed by atoms with Gasteiger partial charge < -0.3 is 19.8 Å². The Kier molecular flexibility index (Phi) is 7.80. The van der Waals surface area contributed by atoms with Crippen molar-refractivity contribution in [2.75, 3.05) is 17.7 Å². The van der Waals surface area contributed by atoms with Gasteiger partial charge in [-0.2, -0.15) is 5.26 Å². The Hall–Kier alpha value is -3.70. The number of ether oxygens (including phenoxy) is 1. The number of carbonyl (C=O) groups is 2. The molecule has 7 nitrogen and oxygen atoms in total. The molecule has 3 rings (SSSR count). The first kappa shape index (κ1) is 24.0. The number of nitrogens with zero attached hydrogens (tertiary/aromatic N) is 1. The zero-order valence-electron chi connectivity index (χ0n) is 18.7. The molecule has 2 N–H and O–H groups in total. The molecule has 1 aromatic carbocycles. The van der Waals surface area contributed by atoms with Crippen molar-refractivity contribution in [1.82, 2.24) is 5.32 Å². The number of anilines is 1. The van der Waals surface area contributed by atoms with Gasteiger partial charge in [-0.25, -0.2) is 4.79 Å². The van der Waals surface area contributed by atoms with Crippen molar-refractivity contribution >= 4 is 29.3 Å². The van der Waals surface area contributed by atoms with Gasteiger partial charge >= 0.3 is 5.97 Å². The first-order chi connectivity index (χ1) is 15.9. The quantitative estimate of drug-likeness (QED) is 0.432. The number of benzene rings is 1. The zero-order valence-corrected chi connectivity index (χ0v) is 19.5. The molecule has 1 aliphatic rings. The second-order valence-corrected chi connectivity index (χ2v) is 8.42. The van der Waals surface area contributed by atoms with Crippen molar-refractivity contribution < 1.29 is 18.7 Å². The molecule has 0 radical (unpaired) electrons. The topological polar surface area (TPSA) is 104 Å². The molecule has 0 spiro atoms. The van der Waals surface area contributed by atoms with Crippen LogP contribution in [0.25, 0.3) is 0 Å². The second kappa shape index (κ2) is 10.7. The van der Waals surface area contributed by atoms with Crippen LogP contribution in [0.4, 0.5) is 5.69 Å². The highest BCUT2D eigenvalue weighted by atomic mass is 32.2. The minimum absolute atomic E-state index is 0.0479. The van der Waals surface area contributed by atoms with Gasteiger partial charge in [0, 0.05) is 11.4 Å². The number of rotatable bonds is 8. The van der Waals surface area contributed by atoms with E-state index in [4.69, 9.17) is 9.15 Å². The van der Waals surface area contributed by atoms with E-state index in [1.807, 2.05) is 32.0 Å². The third kappa shape index (κ3) is 5.38. The maximum atomic E-state index is 12.8. The number of nitriles is 1. The molecular weight excluding hydrogens is 438 g/mol. The molecule has 1 amide bonds. The molecule has 1 atom stereocenters. The van der Waals surface area contributed by atoms with Gasteiger partial charge in [0.1, 0.15) is 12.4 Å². The molecule has 0 unspecified atom stereocenters. The van der Waals surface area contributed by atoms with E-state index in [1.54, 1.807) is 19.1 Å². The zero-order chi connectivity index (χ0) is 24.0. The third-order valence-corrected chi connectivity index (χ3v) is 6.27. The second-order valence-electron chi connectivity index (χ2n) is 7.44. The molecule has 0 bridgehead atoms. The summed E-state index contributed by atoms with van der Waals surface area (Å²) in [5.41, 5.74) is 3.94. The highest BCUT2D eigenvalue weighted by Gasteiger charge is 2.37.